The number of nitrogens with two attached hydrogens (primary N) is 1. The summed E-state index contributed by atoms with van der Waals surface area (Å²) in [5, 5.41) is 2.61. The number of nitrogens with one attached hydrogen (secondary N) is 1. The van der Waals surface area contributed by atoms with Gasteiger partial charge in [-0.3, -0.25) is 4.79 Å². The number of hydrogen-bond donors (Lipinski definition) is 2. The first kappa shape index (κ1) is 16.7. The molecule has 0 heterocycles. The highest BCUT2D eigenvalue weighted by molar-refractivity contribution is 5.95. The van der Waals surface area contributed by atoms with Gasteiger partial charge in [-0.05, 0) is 26.0 Å². The maximum Gasteiger partial charge on any atom is 0.231 e. The van der Waals surface area contributed by atoms with Crippen LogP contribution in [-0.4, -0.2) is 19.6 Å². The summed E-state index contributed by atoms with van der Waals surface area (Å²) in [5.74, 6) is -0.624. The molecule has 3 N–H and O–H groups in total. The molecule has 0 bridgehead atoms. The summed E-state index contributed by atoms with van der Waals surface area (Å²) < 4.78 is 18.2. The van der Waals surface area contributed by atoms with E-state index >= 15 is 0 Å². The van der Waals surface area contributed by atoms with E-state index < -0.39 is 11.2 Å². The summed E-state index contributed by atoms with van der Waals surface area (Å²) in [5.41, 5.74) is 5.18. The molecule has 102 valence electrons. The van der Waals surface area contributed by atoms with Gasteiger partial charge >= 0.3 is 0 Å². The molecule has 0 aromatic heterocycles. The van der Waals surface area contributed by atoms with Crippen molar-refractivity contribution in [3.63, 3.8) is 0 Å². The van der Waals surface area contributed by atoms with Gasteiger partial charge in [0.1, 0.15) is 0 Å². The molecule has 1 aromatic rings. The normalized spacial score (nSPS) is 10.5. The molecular formula is C12H18ClFN2O2. The molecule has 1 amide bonds. The van der Waals surface area contributed by atoms with Crippen molar-refractivity contribution in [1.29, 1.82) is 0 Å². The molecule has 1 rings (SSSR count). The highest BCUT2D eigenvalue weighted by Crippen LogP contribution is 2.22. The Morgan fingerprint density at radius 3 is 2.56 bits per heavy atom. The van der Waals surface area contributed by atoms with E-state index in [4.69, 9.17) is 10.5 Å². The predicted octanol–water partition coefficient (Wildman–Crippen LogP) is 2.18. The van der Waals surface area contributed by atoms with Crippen molar-refractivity contribution >= 4 is 24.0 Å². The van der Waals surface area contributed by atoms with Gasteiger partial charge in [0.05, 0.1) is 12.5 Å². The van der Waals surface area contributed by atoms with Crippen molar-refractivity contribution < 1.29 is 13.9 Å². The van der Waals surface area contributed by atoms with Crippen LogP contribution >= 0.6 is 12.4 Å². The lowest BCUT2D eigenvalue weighted by Gasteiger charge is -2.21. The van der Waals surface area contributed by atoms with Gasteiger partial charge in [-0.25, -0.2) is 4.39 Å². The third-order valence-electron chi connectivity index (χ3n) is 2.53. The quantitative estimate of drug-likeness (QED) is 0.886. The summed E-state index contributed by atoms with van der Waals surface area (Å²) in [6.45, 7) is 3.67. The Hall–Kier alpha value is -1.33. The van der Waals surface area contributed by atoms with Crippen LogP contribution in [0.5, 0.6) is 5.75 Å². The van der Waals surface area contributed by atoms with E-state index in [-0.39, 0.29) is 30.6 Å². The standard InChI is InChI=1S/C12H17FN2O2.ClH/c1-12(2,7-14)11(16)15-8-4-5-10(17-3)9(13)6-8;/h4-6H,7,14H2,1-3H3,(H,15,16);1H. The molecule has 0 aliphatic rings. The number of halogens is 2. The zero-order chi connectivity index (χ0) is 13.1. The van der Waals surface area contributed by atoms with Gasteiger partial charge in [-0.1, -0.05) is 0 Å². The first-order valence-electron chi connectivity index (χ1n) is 5.26. The number of rotatable bonds is 4. The molecule has 0 aliphatic heterocycles. The fourth-order valence-corrected chi connectivity index (χ4v) is 1.14. The van der Waals surface area contributed by atoms with Gasteiger partial charge in [-0.15, -0.1) is 12.4 Å². The third kappa shape index (κ3) is 3.85. The summed E-state index contributed by atoms with van der Waals surface area (Å²) in [4.78, 5) is 11.8. The van der Waals surface area contributed by atoms with Gasteiger partial charge in [0.25, 0.3) is 0 Å². The van der Waals surface area contributed by atoms with Gasteiger partial charge in [0.2, 0.25) is 5.91 Å². The molecule has 0 saturated carbocycles. The molecule has 0 fully saturated rings. The predicted molar refractivity (Wildman–Crippen MR) is 71.7 cm³/mol. The van der Waals surface area contributed by atoms with Gasteiger partial charge in [0.15, 0.2) is 11.6 Å². The zero-order valence-electron chi connectivity index (χ0n) is 10.6. The van der Waals surface area contributed by atoms with E-state index in [1.54, 1.807) is 19.9 Å². The van der Waals surface area contributed by atoms with Crippen molar-refractivity contribution in [2.24, 2.45) is 11.1 Å². The van der Waals surface area contributed by atoms with Crippen LogP contribution in [0.2, 0.25) is 0 Å². The van der Waals surface area contributed by atoms with Crippen molar-refractivity contribution in [3.05, 3.63) is 24.0 Å². The zero-order valence-corrected chi connectivity index (χ0v) is 11.4. The number of carbonyl (C=O) groups is 1. The fourth-order valence-electron chi connectivity index (χ4n) is 1.14. The second kappa shape index (κ2) is 6.56. The summed E-state index contributed by atoms with van der Waals surface area (Å²) in [6, 6.07) is 4.25. The minimum absolute atomic E-state index is 0. The van der Waals surface area contributed by atoms with E-state index in [0.29, 0.717) is 5.69 Å². The molecule has 0 unspecified atom stereocenters. The largest absolute Gasteiger partial charge is 0.494 e. The Balaban J connectivity index is 0.00000289. The maximum atomic E-state index is 13.4. The van der Waals surface area contributed by atoms with Gasteiger partial charge in [0, 0.05) is 18.3 Å². The number of hydrogen-bond acceptors (Lipinski definition) is 3. The van der Waals surface area contributed by atoms with Crippen LogP contribution in [0.4, 0.5) is 10.1 Å². The van der Waals surface area contributed by atoms with Crippen molar-refractivity contribution in [1.82, 2.24) is 0 Å². The summed E-state index contributed by atoms with van der Waals surface area (Å²) >= 11 is 0. The highest BCUT2D eigenvalue weighted by Gasteiger charge is 2.25. The van der Waals surface area contributed by atoms with Crippen molar-refractivity contribution in [2.45, 2.75) is 13.8 Å². The van der Waals surface area contributed by atoms with Crippen LogP contribution in [0, 0.1) is 11.2 Å². The summed E-state index contributed by atoms with van der Waals surface area (Å²) in [6.07, 6.45) is 0. The Kier molecular flexibility index (Phi) is 6.08. The number of anilines is 1. The monoisotopic (exact) mass is 276 g/mol. The molecular weight excluding hydrogens is 259 g/mol. The Bertz CT molecular complexity index is 425. The Morgan fingerprint density at radius 2 is 2.11 bits per heavy atom. The first-order valence-corrected chi connectivity index (χ1v) is 5.26. The topological polar surface area (TPSA) is 64.3 Å². The van der Waals surface area contributed by atoms with E-state index in [0.717, 1.165) is 0 Å². The molecule has 1 aromatic carbocycles. The van der Waals surface area contributed by atoms with Crippen LogP contribution in [-0.2, 0) is 4.79 Å². The number of carbonyl (C=O) groups excluding carboxylic acids is 1. The Morgan fingerprint density at radius 1 is 1.50 bits per heavy atom. The lowest BCUT2D eigenvalue weighted by Crippen LogP contribution is -2.37. The molecule has 0 atom stereocenters. The average Bonchev–Trinajstić information content (AvgIpc) is 2.29. The SMILES string of the molecule is COc1ccc(NC(=O)C(C)(C)CN)cc1F.Cl. The van der Waals surface area contributed by atoms with Crippen LogP contribution in [0.15, 0.2) is 18.2 Å². The molecule has 0 radical (unpaired) electrons. The maximum absolute atomic E-state index is 13.4. The second-order valence-electron chi connectivity index (χ2n) is 4.39. The van der Waals surface area contributed by atoms with Crippen molar-refractivity contribution in [3.8, 4) is 5.75 Å². The minimum Gasteiger partial charge on any atom is -0.494 e. The van der Waals surface area contributed by atoms with E-state index in [1.807, 2.05) is 0 Å². The number of benzene rings is 1. The first-order chi connectivity index (χ1) is 7.90. The molecule has 0 saturated heterocycles. The lowest BCUT2D eigenvalue weighted by atomic mass is 9.92. The Labute approximate surface area is 112 Å². The van der Waals surface area contributed by atoms with Gasteiger partial charge < -0.3 is 15.8 Å². The second-order valence-corrected chi connectivity index (χ2v) is 4.39. The van der Waals surface area contributed by atoms with Crippen LogP contribution in [0.25, 0.3) is 0 Å². The smallest absolute Gasteiger partial charge is 0.231 e. The van der Waals surface area contributed by atoms with E-state index in [2.05, 4.69) is 5.32 Å². The van der Waals surface area contributed by atoms with Crippen molar-refractivity contribution in [2.75, 3.05) is 19.0 Å². The third-order valence-corrected chi connectivity index (χ3v) is 2.53. The van der Waals surface area contributed by atoms with Crippen LogP contribution in [0.3, 0.4) is 0 Å². The van der Waals surface area contributed by atoms with Crippen LogP contribution < -0.4 is 15.8 Å². The number of amides is 1. The molecule has 4 nitrogen and oxygen atoms in total. The average molecular weight is 277 g/mol. The molecule has 18 heavy (non-hydrogen) atoms. The number of methoxy groups -OCH3 is 1. The van der Waals surface area contributed by atoms with Crippen LogP contribution in [0.1, 0.15) is 13.8 Å². The lowest BCUT2D eigenvalue weighted by molar-refractivity contribution is -0.123. The molecule has 0 spiro atoms. The minimum atomic E-state index is -0.684. The highest BCUT2D eigenvalue weighted by atomic mass is 35.5. The fraction of sp³-hybridized carbons (Fsp3) is 0.417. The van der Waals surface area contributed by atoms with Gasteiger partial charge in [-0.2, -0.15) is 0 Å². The molecule has 6 heteroatoms. The van der Waals surface area contributed by atoms with E-state index in [1.165, 1.54) is 19.2 Å². The number of ether oxygens (including phenoxy) is 1. The summed E-state index contributed by atoms with van der Waals surface area (Å²) in [7, 11) is 1.38. The van der Waals surface area contributed by atoms with E-state index in [9.17, 15) is 9.18 Å². The molecule has 0 aliphatic carbocycles.